The van der Waals surface area contributed by atoms with Gasteiger partial charge in [0.05, 0.1) is 12.7 Å². The van der Waals surface area contributed by atoms with Crippen molar-refractivity contribution in [2.24, 2.45) is 0 Å². The van der Waals surface area contributed by atoms with Gasteiger partial charge >= 0.3 is 5.97 Å². The van der Waals surface area contributed by atoms with Crippen molar-refractivity contribution < 1.29 is 9.53 Å². The second-order valence-electron chi connectivity index (χ2n) is 3.97. The molecular formula is C16H13BrO2. The normalized spacial score (nSPS) is 10.6. The highest BCUT2D eigenvalue weighted by molar-refractivity contribution is 9.10. The van der Waals surface area contributed by atoms with E-state index < -0.39 is 0 Å². The minimum Gasteiger partial charge on any atom is -0.465 e. The molecule has 2 aromatic rings. The van der Waals surface area contributed by atoms with Crippen LogP contribution in [0.5, 0.6) is 0 Å². The van der Waals surface area contributed by atoms with Crippen LogP contribution in [0.2, 0.25) is 0 Å². The number of methoxy groups -OCH3 is 1. The number of hydrogen-bond donors (Lipinski definition) is 0. The zero-order valence-corrected chi connectivity index (χ0v) is 12.1. The van der Waals surface area contributed by atoms with Crippen LogP contribution in [0, 0.1) is 0 Å². The maximum Gasteiger partial charge on any atom is 0.337 e. The van der Waals surface area contributed by atoms with Crippen molar-refractivity contribution in [3.8, 4) is 0 Å². The van der Waals surface area contributed by atoms with Gasteiger partial charge in [-0.3, -0.25) is 0 Å². The molecule has 0 radical (unpaired) electrons. The number of rotatable bonds is 3. The Hall–Kier alpha value is -1.87. The van der Waals surface area contributed by atoms with E-state index in [4.69, 9.17) is 0 Å². The average molecular weight is 317 g/mol. The summed E-state index contributed by atoms with van der Waals surface area (Å²) in [6.07, 6.45) is 4.03. The van der Waals surface area contributed by atoms with Gasteiger partial charge in [-0.15, -0.1) is 0 Å². The molecule has 0 heterocycles. The van der Waals surface area contributed by atoms with Crippen LogP contribution in [0.4, 0.5) is 0 Å². The predicted molar refractivity (Wildman–Crippen MR) is 80.9 cm³/mol. The Balaban J connectivity index is 2.16. The minimum atomic E-state index is -0.318. The lowest BCUT2D eigenvalue weighted by molar-refractivity contribution is 0.0601. The molecule has 0 saturated carbocycles. The highest BCUT2D eigenvalue weighted by Gasteiger charge is 2.03. The van der Waals surface area contributed by atoms with Crippen molar-refractivity contribution >= 4 is 34.1 Å². The molecule has 0 aromatic heterocycles. The van der Waals surface area contributed by atoms with Gasteiger partial charge < -0.3 is 4.74 Å². The van der Waals surface area contributed by atoms with Crippen LogP contribution in [0.1, 0.15) is 21.5 Å². The van der Waals surface area contributed by atoms with Crippen LogP contribution in [0.3, 0.4) is 0 Å². The Morgan fingerprint density at radius 2 is 1.74 bits per heavy atom. The van der Waals surface area contributed by atoms with Crippen LogP contribution in [0.15, 0.2) is 53.0 Å². The molecule has 0 unspecified atom stereocenters. The van der Waals surface area contributed by atoms with E-state index >= 15 is 0 Å². The first-order valence-corrected chi connectivity index (χ1v) is 6.61. The molecule has 0 aliphatic carbocycles. The van der Waals surface area contributed by atoms with Gasteiger partial charge in [-0.25, -0.2) is 4.79 Å². The number of hydrogen-bond acceptors (Lipinski definition) is 2. The molecule has 0 saturated heterocycles. The lowest BCUT2D eigenvalue weighted by atomic mass is 10.1. The number of carbonyl (C=O) groups excluding carboxylic acids is 1. The Labute approximate surface area is 120 Å². The van der Waals surface area contributed by atoms with Crippen molar-refractivity contribution in [3.63, 3.8) is 0 Å². The maximum absolute atomic E-state index is 11.3. The van der Waals surface area contributed by atoms with Gasteiger partial charge in [0.2, 0.25) is 0 Å². The first-order valence-electron chi connectivity index (χ1n) is 5.81. The quantitative estimate of drug-likeness (QED) is 0.619. The number of esters is 1. The smallest absolute Gasteiger partial charge is 0.337 e. The molecule has 0 fully saturated rings. The first-order chi connectivity index (χ1) is 9.20. The number of benzene rings is 2. The lowest BCUT2D eigenvalue weighted by Crippen LogP contribution is -2.00. The molecule has 0 N–H and O–H groups in total. The SMILES string of the molecule is COC(=O)c1ccc(C=Cc2ccccc2Br)cc1. The Kier molecular flexibility index (Phi) is 4.53. The zero-order chi connectivity index (χ0) is 13.7. The van der Waals surface area contributed by atoms with Gasteiger partial charge in [0, 0.05) is 4.47 Å². The summed E-state index contributed by atoms with van der Waals surface area (Å²) in [6.45, 7) is 0. The highest BCUT2D eigenvalue weighted by Crippen LogP contribution is 2.18. The Morgan fingerprint density at radius 1 is 1.05 bits per heavy atom. The van der Waals surface area contributed by atoms with Crippen molar-refractivity contribution in [3.05, 3.63) is 69.7 Å². The zero-order valence-electron chi connectivity index (χ0n) is 10.5. The summed E-state index contributed by atoms with van der Waals surface area (Å²) in [7, 11) is 1.38. The van der Waals surface area contributed by atoms with E-state index in [-0.39, 0.29) is 5.97 Å². The largest absolute Gasteiger partial charge is 0.465 e. The molecular weight excluding hydrogens is 304 g/mol. The van der Waals surface area contributed by atoms with Crippen molar-refractivity contribution in [2.75, 3.05) is 7.11 Å². The van der Waals surface area contributed by atoms with Gasteiger partial charge in [-0.1, -0.05) is 58.4 Å². The van der Waals surface area contributed by atoms with Crippen molar-refractivity contribution in [2.45, 2.75) is 0 Å². The second kappa shape index (κ2) is 6.34. The summed E-state index contributed by atoms with van der Waals surface area (Å²) in [5.41, 5.74) is 2.70. The van der Waals surface area contributed by atoms with E-state index in [1.165, 1.54) is 7.11 Å². The summed E-state index contributed by atoms with van der Waals surface area (Å²) in [5.74, 6) is -0.318. The molecule has 19 heavy (non-hydrogen) atoms. The third-order valence-corrected chi connectivity index (χ3v) is 3.41. The second-order valence-corrected chi connectivity index (χ2v) is 4.82. The average Bonchev–Trinajstić information content (AvgIpc) is 2.46. The third-order valence-electron chi connectivity index (χ3n) is 2.69. The number of carbonyl (C=O) groups is 1. The fourth-order valence-corrected chi connectivity index (χ4v) is 2.06. The molecule has 2 nitrogen and oxygen atoms in total. The van der Waals surface area contributed by atoms with E-state index in [0.717, 1.165) is 15.6 Å². The van der Waals surface area contributed by atoms with E-state index in [0.29, 0.717) is 5.56 Å². The van der Waals surface area contributed by atoms with Crippen LogP contribution >= 0.6 is 15.9 Å². The van der Waals surface area contributed by atoms with Crippen LogP contribution in [-0.2, 0) is 4.74 Å². The van der Waals surface area contributed by atoms with Gasteiger partial charge in [0.15, 0.2) is 0 Å². The molecule has 0 spiro atoms. The monoisotopic (exact) mass is 316 g/mol. The highest BCUT2D eigenvalue weighted by atomic mass is 79.9. The van der Waals surface area contributed by atoms with Gasteiger partial charge in [0.1, 0.15) is 0 Å². The van der Waals surface area contributed by atoms with Crippen LogP contribution in [-0.4, -0.2) is 13.1 Å². The maximum atomic E-state index is 11.3. The topological polar surface area (TPSA) is 26.3 Å². The fraction of sp³-hybridized carbons (Fsp3) is 0.0625. The summed E-state index contributed by atoms with van der Waals surface area (Å²) in [4.78, 5) is 11.3. The summed E-state index contributed by atoms with van der Waals surface area (Å²) < 4.78 is 5.71. The summed E-state index contributed by atoms with van der Waals surface area (Å²) >= 11 is 3.50. The Bertz CT molecular complexity index is 600. The van der Waals surface area contributed by atoms with E-state index in [1.54, 1.807) is 12.1 Å². The number of halogens is 1. The minimum absolute atomic E-state index is 0.318. The molecule has 96 valence electrons. The first kappa shape index (κ1) is 13.6. The van der Waals surface area contributed by atoms with E-state index in [2.05, 4.69) is 20.7 Å². The summed E-state index contributed by atoms with van der Waals surface area (Å²) in [5, 5.41) is 0. The van der Waals surface area contributed by atoms with Crippen LogP contribution < -0.4 is 0 Å². The molecule has 3 heteroatoms. The molecule has 0 aliphatic rings. The standard InChI is InChI=1S/C16H13BrO2/c1-19-16(18)14-10-7-12(8-11-14)6-9-13-4-2-3-5-15(13)17/h2-11H,1H3. The van der Waals surface area contributed by atoms with Gasteiger partial charge in [-0.05, 0) is 29.3 Å². The fourth-order valence-electron chi connectivity index (χ4n) is 1.64. The Morgan fingerprint density at radius 3 is 2.37 bits per heavy atom. The molecule has 2 aromatic carbocycles. The molecule has 0 bridgehead atoms. The molecule has 2 rings (SSSR count). The van der Waals surface area contributed by atoms with Crippen LogP contribution in [0.25, 0.3) is 12.2 Å². The molecule has 0 atom stereocenters. The third kappa shape index (κ3) is 3.55. The molecule has 0 aliphatic heterocycles. The molecule has 0 amide bonds. The summed E-state index contributed by atoms with van der Waals surface area (Å²) in [6, 6.07) is 15.3. The number of ether oxygens (including phenoxy) is 1. The van der Waals surface area contributed by atoms with Gasteiger partial charge in [0.25, 0.3) is 0 Å². The van der Waals surface area contributed by atoms with E-state index in [1.807, 2.05) is 48.6 Å². The lowest BCUT2D eigenvalue weighted by Gasteiger charge is -2.00. The van der Waals surface area contributed by atoms with E-state index in [9.17, 15) is 4.79 Å². The predicted octanol–water partition coefficient (Wildman–Crippen LogP) is 4.41. The van der Waals surface area contributed by atoms with Gasteiger partial charge in [-0.2, -0.15) is 0 Å². The van der Waals surface area contributed by atoms with Crippen molar-refractivity contribution in [1.82, 2.24) is 0 Å². The van der Waals surface area contributed by atoms with Crippen molar-refractivity contribution in [1.29, 1.82) is 0 Å².